The molecular weight excluding hydrogens is 1580 g/mol. The zero-order valence-corrected chi connectivity index (χ0v) is 47.0. The molecule has 12 unspecified atom stereocenters. The van der Waals surface area contributed by atoms with Gasteiger partial charge in [-0.2, -0.15) is 0 Å². The van der Waals surface area contributed by atoms with E-state index in [2.05, 4.69) is 0 Å². The zero-order chi connectivity index (χ0) is 48.0. The monoisotopic (exact) mass is 1630 g/mol. The minimum Gasteiger partial charge on any atom is -0.387 e. The molecule has 0 amide bonds. The molecule has 66 heavy (non-hydrogen) atoms. The Bertz CT molecular complexity index is 1260. The van der Waals surface area contributed by atoms with Gasteiger partial charge in [-0.3, -0.25) is 0 Å². The van der Waals surface area contributed by atoms with Crippen molar-refractivity contribution in [3.63, 3.8) is 0 Å². The minimum atomic E-state index is -1.85. The standard InChI is InChI=1S/C36H54I6O24/c37-1-7-25-13(43)19(49)31(55-7)62-26-8(2-38)57-33(21(51)15(26)45)64-28-10(4-40)59-35(23(53)17(28)47)66-30-12(6-42)60-36(24(54)18(30)48)65-29-11(5-41)58-34(22(52)16(29)46)63-27-9(3-39)56-32(61-25)20(50)14(27)44/h7-36,43-54H,1-6H2/t7?,8?,9?,10?,11?,12?,13-,14-,15-,16-,17-,18-,19?,20?,21?,22?,23?,24?,25-,26-,27-,28-,29-,30-,31-,32-,33-,34-,35-,36-/m1/s1. The van der Waals surface area contributed by atoms with Crippen LogP contribution >= 0.6 is 136 Å². The summed E-state index contributed by atoms with van der Waals surface area (Å²) in [6.45, 7) is 0. The Balaban J connectivity index is 1.19. The second kappa shape index (κ2) is 25.1. The summed E-state index contributed by atoms with van der Waals surface area (Å²) < 4.78 is 73.3. The van der Waals surface area contributed by atoms with Crippen LogP contribution < -0.4 is 0 Å². The van der Waals surface area contributed by atoms with Crippen molar-refractivity contribution in [1.82, 2.24) is 0 Å². The molecule has 22 aliphatic rings. The van der Waals surface area contributed by atoms with Gasteiger partial charge in [-0.1, -0.05) is 136 Å². The molecule has 0 aromatic heterocycles. The highest BCUT2D eigenvalue weighted by molar-refractivity contribution is 14.1. The zero-order valence-electron chi connectivity index (χ0n) is 34.1. The van der Waals surface area contributed by atoms with Gasteiger partial charge in [-0.05, 0) is 0 Å². The number of aliphatic hydroxyl groups is 12. The molecule has 30 heteroatoms. The molecule has 30 atom stereocenters. The highest BCUT2D eigenvalue weighted by atomic mass is 127. The Morgan fingerprint density at radius 1 is 0.197 bits per heavy atom. The number of aliphatic hydroxyl groups excluding tert-OH is 12. The number of ether oxygens (including phenoxy) is 12. The van der Waals surface area contributed by atoms with E-state index in [0.717, 1.165) is 0 Å². The second-order valence-electron chi connectivity index (χ2n) is 16.7. The van der Waals surface area contributed by atoms with E-state index >= 15 is 0 Å². The van der Waals surface area contributed by atoms with Gasteiger partial charge in [-0.25, -0.2) is 0 Å². The van der Waals surface area contributed by atoms with Crippen LogP contribution in [-0.4, -0.2) is 272 Å². The Morgan fingerprint density at radius 3 is 0.424 bits per heavy atom. The van der Waals surface area contributed by atoms with Gasteiger partial charge < -0.3 is 118 Å². The van der Waals surface area contributed by atoms with E-state index in [1.807, 2.05) is 136 Å². The summed E-state index contributed by atoms with van der Waals surface area (Å²) in [5.74, 6) is 0. The fourth-order valence-corrected chi connectivity index (χ4v) is 13.0. The summed E-state index contributed by atoms with van der Waals surface area (Å²) >= 11 is 11.7. The SMILES string of the molecule is OC1[C@@H]2OC(CI)[C@@H](O[C@H]3OC(CI)[C@@H](O[C@H]4OC(CI)[C@@H](O[C@H]5OC(CI)[C@@H](O[C@H]6OC(CI)[C@@H](O[C@H]7OC(CI)[C@@H](O2)[C@H](O)C7O)[C@H](O)C6O)[C@H](O)C5O)[C@H](O)C4O)[C@H](O)C3O)[C@@H]1O. The molecular formula is C36H54I6O24. The summed E-state index contributed by atoms with van der Waals surface area (Å²) in [7, 11) is 0. The van der Waals surface area contributed by atoms with Crippen LogP contribution in [0.5, 0.6) is 0 Å². The molecule has 0 aromatic rings. The van der Waals surface area contributed by atoms with Crippen molar-refractivity contribution in [3.05, 3.63) is 0 Å². The second-order valence-corrected chi connectivity index (χ2v) is 22.0. The van der Waals surface area contributed by atoms with Gasteiger partial charge in [0.1, 0.15) is 110 Å². The van der Waals surface area contributed by atoms with Crippen molar-refractivity contribution < 1.29 is 118 Å². The molecule has 22 saturated heterocycles. The first kappa shape index (κ1) is 57.1. The lowest BCUT2D eigenvalue weighted by Gasteiger charge is -2.51. The number of hydrogen-bond acceptors (Lipinski definition) is 24. The summed E-state index contributed by atoms with van der Waals surface area (Å²) in [5.41, 5.74) is 0. The van der Waals surface area contributed by atoms with Crippen molar-refractivity contribution in [2.45, 2.75) is 184 Å². The summed E-state index contributed by atoms with van der Waals surface area (Å²) in [6, 6.07) is 0. The molecule has 22 aliphatic heterocycles. The van der Waals surface area contributed by atoms with Crippen LogP contribution in [0.2, 0.25) is 0 Å². The molecule has 12 bridgehead atoms. The van der Waals surface area contributed by atoms with Crippen LogP contribution in [0.15, 0.2) is 0 Å². The van der Waals surface area contributed by atoms with Crippen LogP contribution in [-0.2, 0) is 56.8 Å². The first-order chi connectivity index (χ1) is 31.4. The molecule has 0 saturated carbocycles. The van der Waals surface area contributed by atoms with Crippen molar-refractivity contribution in [1.29, 1.82) is 0 Å². The predicted octanol–water partition coefficient (Wildman–Crippen LogP) is -4.40. The summed E-state index contributed by atoms with van der Waals surface area (Å²) in [6.07, 6.45) is -46.3. The van der Waals surface area contributed by atoms with Gasteiger partial charge in [-0.15, -0.1) is 0 Å². The lowest BCUT2D eigenvalue weighted by Crippen LogP contribution is -2.68. The van der Waals surface area contributed by atoms with E-state index in [9.17, 15) is 61.3 Å². The normalized spacial score (nSPS) is 55.4. The van der Waals surface area contributed by atoms with Gasteiger partial charge in [0.2, 0.25) is 0 Å². The predicted molar refractivity (Wildman–Crippen MR) is 267 cm³/mol. The van der Waals surface area contributed by atoms with Gasteiger partial charge in [0, 0.05) is 26.6 Å². The quantitative estimate of drug-likeness (QED) is 0.0883. The lowest BCUT2D eigenvalue weighted by molar-refractivity contribution is -0.396. The summed E-state index contributed by atoms with van der Waals surface area (Å²) in [5, 5.41) is 137. The molecule has 0 radical (unpaired) electrons. The topological polar surface area (TPSA) is 354 Å². The average molecular weight is 1630 g/mol. The molecule has 24 nitrogen and oxygen atoms in total. The van der Waals surface area contributed by atoms with Crippen molar-refractivity contribution >= 4 is 136 Å². The maximum atomic E-state index is 11.5. The molecule has 0 aromatic carbocycles. The smallest absolute Gasteiger partial charge is 0.187 e. The fourth-order valence-electron chi connectivity index (χ4n) is 8.79. The van der Waals surface area contributed by atoms with Gasteiger partial charge >= 0.3 is 0 Å². The van der Waals surface area contributed by atoms with Crippen LogP contribution in [0.3, 0.4) is 0 Å². The molecule has 22 fully saturated rings. The van der Waals surface area contributed by atoms with Crippen molar-refractivity contribution in [3.8, 4) is 0 Å². The van der Waals surface area contributed by atoms with Crippen LogP contribution in [0, 0.1) is 0 Å². The van der Waals surface area contributed by atoms with Gasteiger partial charge in [0.05, 0.1) is 36.6 Å². The lowest BCUT2D eigenvalue weighted by atomic mass is 9.95. The molecule has 384 valence electrons. The van der Waals surface area contributed by atoms with E-state index in [4.69, 9.17) is 56.8 Å². The van der Waals surface area contributed by atoms with Crippen LogP contribution in [0.25, 0.3) is 0 Å². The van der Waals surface area contributed by atoms with E-state index in [1.165, 1.54) is 0 Å². The van der Waals surface area contributed by atoms with Crippen molar-refractivity contribution in [2.24, 2.45) is 0 Å². The van der Waals surface area contributed by atoms with E-state index in [-0.39, 0.29) is 26.6 Å². The highest BCUT2D eigenvalue weighted by Crippen LogP contribution is 2.39. The number of rotatable bonds is 6. The van der Waals surface area contributed by atoms with Gasteiger partial charge in [0.25, 0.3) is 0 Å². The summed E-state index contributed by atoms with van der Waals surface area (Å²) in [4.78, 5) is 0. The largest absolute Gasteiger partial charge is 0.387 e. The van der Waals surface area contributed by atoms with Crippen LogP contribution in [0.1, 0.15) is 0 Å². The molecule has 22 heterocycles. The molecule has 0 spiro atoms. The Kier molecular flexibility index (Phi) is 21.7. The minimum absolute atomic E-state index is 0.117. The van der Waals surface area contributed by atoms with Crippen LogP contribution in [0.4, 0.5) is 0 Å². The maximum absolute atomic E-state index is 11.5. The highest BCUT2D eigenvalue weighted by Gasteiger charge is 2.58. The maximum Gasteiger partial charge on any atom is 0.187 e. The molecule has 12 N–H and O–H groups in total. The molecule has 22 rings (SSSR count). The average Bonchev–Trinajstić information content (AvgIpc) is 3.31. The third-order valence-corrected chi connectivity index (χ3v) is 17.7. The Morgan fingerprint density at radius 2 is 0.318 bits per heavy atom. The first-order valence-electron chi connectivity index (χ1n) is 20.8. The Hall–Kier alpha value is 3.42. The number of hydrogen-bond donors (Lipinski definition) is 12. The number of alkyl halides is 6. The first-order valence-corrected chi connectivity index (χ1v) is 30.0. The fraction of sp³-hybridized carbons (Fsp3) is 1.00. The molecule has 0 aliphatic carbocycles. The third kappa shape index (κ3) is 11.7. The van der Waals surface area contributed by atoms with Gasteiger partial charge in [0.15, 0.2) is 37.7 Å². The Labute approximate surface area is 459 Å². The van der Waals surface area contributed by atoms with Crippen molar-refractivity contribution in [2.75, 3.05) is 26.6 Å². The number of halogens is 6. The third-order valence-electron chi connectivity index (χ3n) is 12.5. The van der Waals surface area contributed by atoms with E-state index < -0.39 is 184 Å². The van der Waals surface area contributed by atoms with E-state index in [0.29, 0.717) is 0 Å². The van der Waals surface area contributed by atoms with E-state index in [1.54, 1.807) is 0 Å².